The Morgan fingerprint density at radius 2 is 2.26 bits per heavy atom. The van der Waals surface area contributed by atoms with Crippen LogP contribution in [0.5, 0.6) is 0 Å². The smallest absolute Gasteiger partial charge is 0.134 e. The van der Waals surface area contributed by atoms with Crippen LogP contribution >= 0.6 is 22.9 Å². The van der Waals surface area contributed by atoms with Gasteiger partial charge in [-0.1, -0.05) is 29.8 Å². The summed E-state index contributed by atoms with van der Waals surface area (Å²) in [4.78, 5) is 4.35. The van der Waals surface area contributed by atoms with E-state index in [-0.39, 0.29) is 0 Å². The minimum atomic E-state index is 0.542. The summed E-state index contributed by atoms with van der Waals surface area (Å²) in [6.07, 6.45) is 5.42. The topological polar surface area (TPSA) is 54.5 Å². The molecule has 0 aliphatic heterocycles. The number of benzene rings is 1. The Labute approximate surface area is 143 Å². The van der Waals surface area contributed by atoms with Crippen LogP contribution in [0.3, 0.4) is 0 Å². The van der Waals surface area contributed by atoms with Crippen molar-refractivity contribution < 1.29 is 0 Å². The van der Waals surface area contributed by atoms with E-state index in [2.05, 4.69) is 16.2 Å². The van der Waals surface area contributed by atoms with Gasteiger partial charge in [0.2, 0.25) is 0 Å². The van der Waals surface area contributed by atoms with E-state index in [1.807, 2.05) is 42.8 Å². The molecule has 6 heteroatoms. The number of nitrogens with zero attached hydrogens (tertiary/aromatic N) is 4. The molecule has 0 aliphatic carbocycles. The van der Waals surface area contributed by atoms with E-state index in [0.717, 1.165) is 26.9 Å². The molecule has 0 saturated carbocycles. The Hall–Kier alpha value is -2.42. The number of aromatic nitrogens is 3. The van der Waals surface area contributed by atoms with Crippen LogP contribution < -0.4 is 0 Å². The summed E-state index contributed by atoms with van der Waals surface area (Å²) < 4.78 is 1.80. The molecule has 2 heterocycles. The average molecular weight is 341 g/mol. The van der Waals surface area contributed by atoms with Crippen LogP contribution in [0.2, 0.25) is 5.02 Å². The Kier molecular flexibility index (Phi) is 4.56. The summed E-state index contributed by atoms with van der Waals surface area (Å²) in [5.41, 5.74) is 3.33. The van der Waals surface area contributed by atoms with Crippen LogP contribution in [0, 0.1) is 18.3 Å². The van der Waals surface area contributed by atoms with Gasteiger partial charge in [-0.3, -0.25) is 4.68 Å². The van der Waals surface area contributed by atoms with Crippen LogP contribution in [0.1, 0.15) is 21.8 Å². The van der Waals surface area contributed by atoms with E-state index in [1.54, 1.807) is 17.0 Å². The monoisotopic (exact) mass is 340 g/mol. The summed E-state index contributed by atoms with van der Waals surface area (Å²) >= 11 is 7.63. The molecule has 0 amide bonds. The largest absolute Gasteiger partial charge is 0.268 e. The Balaban J connectivity index is 1.83. The molecular formula is C17H13ClN4S. The van der Waals surface area contributed by atoms with Crippen LogP contribution in [-0.4, -0.2) is 14.8 Å². The predicted molar refractivity (Wildman–Crippen MR) is 93.1 cm³/mol. The van der Waals surface area contributed by atoms with Crippen molar-refractivity contribution in [2.24, 2.45) is 0 Å². The molecule has 114 valence electrons. The van der Waals surface area contributed by atoms with Gasteiger partial charge in [-0.15, -0.1) is 11.3 Å². The zero-order chi connectivity index (χ0) is 16.2. The molecule has 0 saturated heterocycles. The van der Waals surface area contributed by atoms with Gasteiger partial charge in [-0.05, 0) is 24.6 Å². The van der Waals surface area contributed by atoms with Gasteiger partial charge in [-0.2, -0.15) is 10.4 Å². The molecule has 0 spiro atoms. The van der Waals surface area contributed by atoms with E-state index in [9.17, 15) is 5.26 Å². The molecule has 0 fully saturated rings. The minimum absolute atomic E-state index is 0.542. The van der Waals surface area contributed by atoms with Crippen molar-refractivity contribution in [2.45, 2.75) is 13.5 Å². The third-order valence-electron chi connectivity index (χ3n) is 3.22. The minimum Gasteiger partial charge on any atom is -0.268 e. The second-order valence-electron chi connectivity index (χ2n) is 5.03. The van der Waals surface area contributed by atoms with Gasteiger partial charge in [0.15, 0.2) is 0 Å². The molecule has 3 aromatic rings. The Morgan fingerprint density at radius 1 is 1.43 bits per heavy atom. The molecule has 2 aromatic heterocycles. The lowest BCUT2D eigenvalue weighted by atomic mass is 10.2. The number of allylic oxidation sites excluding steroid dienone is 1. The van der Waals surface area contributed by atoms with Gasteiger partial charge in [0, 0.05) is 27.9 Å². The molecule has 0 N–H and O–H groups in total. The number of nitriles is 1. The maximum atomic E-state index is 9.33. The molecule has 0 bridgehead atoms. The zero-order valence-electron chi connectivity index (χ0n) is 12.4. The molecule has 0 atom stereocenters. The van der Waals surface area contributed by atoms with Crippen molar-refractivity contribution in [3.05, 3.63) is 68.9 Å². The highest BCUT2D eigenvalue weighted by atomic mass is 35.5. The molecule has 0 aliphatic rings. The summed E-state index contributed by atoms with van der Waals surface area (Å²) in [6, 6.07) is 9.88. The van der Waals surface area contributed by atoms with Crippen LogP contribution in [0.4, 0.5) is 0 Å². The molecule has 23 heavy (non-hydrogen) atoms. The first-order chi connectivity index (χ1) is 11.2. The fourth-order valence-electron chi connectivity index (χ4n) is 2.13. The van der Waals surface area contributed by atoms with Crippen molar-refractivity contribution in [1.82, 2.24) is 14.8 Å². The van der Waals surface area contributed by atoms with Gasteiger partial charge in [-0.25, -0.2) is 4.98 Å². The normalized spacial score (nSPS) is 11.4. The van der Waals surface area contributed by atoms with E-state index >= 15 is 0 Å². The van der Waals surface area contributed by atoms with E-state index in [4.69, 9.17) is 11.6 Å². The molecule has 1 aromatic carbocycles. The standard InChI is InChI=1S/C17H13ClN4S/c1-12-11-23-17(21-12)15(7-19)6-13-8-20-22(9-13)10-14-4-2-3-5-16(14)18/h2-6,8-9,11H,10H2,1H3. The number of hydrogen-bond acceptors (Lipinski definition) is 4. The number of halogens is 1. The van der Waals surface area contributed by atoms with Gasteiger partial charge in [0.25, 0.3) is 0 Å². The molecule has 0 radical (unpaired) electrons. The van der Waals surface area contributed by atoms with E-state index in [1.165, 1.54) is 11.3 Å². The molecular weight excluding hydrogens is 328 g/mol. The predicted octanol–water partition coefficient (Wildman–Crippen LogP) is 4.41. The third-order valence-corrected chi connectivity index (χ3v) is 4.59. The van der Waals surface area contributed by atoms with Gasteiger partial charge in [0.1, 0.15) is 11.1 Å². The van der Waals surface area contributed by atoms with Crippen LogP contribution in [0.25, 0.3) is 11.6 Å². The van der Waals surface area contributed by atoms with Crippen LogP contribution in [-0.2, 0) is 6.54 Å². The van der Waals surface area contributed by atoms with Gasteiger partial charge in [0.05, 0.1) is 18.3 Å². The first-order valence-corrected chi connectivity index (χ1v) is 8.21. The number of thiazole rings is 1. The van der Waals surface area contributed by atoms with Crippen molar-refractivity contribution in [3.8, 4) is 6.07 Å². The third kappa shape index (κ3) is 3.67. The SMILES string of the molecule is Cc1csc(C(C#N)=Cc2cnn(Cc3ccccc3Cl)c2)n1. The van der Waals surface area contributed by atoms with E-state index in [0.29, 0.717) is 12.1 Å². The second kappa shape index (κ2) is 6.78. The van der Waals surface area contributed by atoms with Crippen LogP contribution in [0.15, 0.2) is 42.0 Å². The fourth-order valence-corrected chi connectivity index (χ4v) is 3.09. The Bertz CT molecular complexity index is 901. The van der Waals surface area contributed by atoms with Gasteiger partial charge >= 0.3 is 0 Å². The van der Waals surface area contributed by atoms with Gasteiger partial charge < -0.3 is 0 Å². The zero-order valence-corrected chi connectivity index (χ0v) is 14.0. The first-order valence-electron chi connectivity index (χ1n) is 6.96. The summed E-state index contributed by atoms with van der Waals surface area (Å²) in [5, 5.41) is 17.0. The highest BCUT2D eigenvalue weighted by Gasteiger charge is 2.07. The highest BCUT2D eigenvalue weighted by Crippen LogP contribution is 2.21. The first kappa shape index (κ1) is 15.5. The van der Waals surface area contributed by atoms with Crippen molar-refractivity contribution >= 4 is 34.6 Å². The summed E-state index contributed by atoms with van der Waals surface area (Å²) in [7, 11) is 0. The van der Waals surface area contributed by atoms with Crippen molar-refractivity contribution in [3.63, 3.8) is 0 Å². The lowest BCUT2D eigenvalue weighted by molar-refractivity contribution is 0.687. The summed E-state index contributed by atoms with van der Waals surface area (Å²) in [6.45, 7) is 2.50. The lowest BCUT2D eigenvalue weighted by Crippen LogP contribution is -2.00. The maximum absolute atomic E-state index is 9.33. The maximum Gasteiger partial charge on any atom is 0.134 e. The molecule has 0 unspecified atom stereocenters. The Morgan fingerprint density at radius 3 is 2.96 bits per heavy atom. The number of hydrogen-bond donors (Lipinski definition) is 0. The molecule has 3 rings (SSSR count). The quantitative estimate of drug-likeness (QED) is 0.661. The highest BCUT2D eigenvalue weighted by molar-refractivity contribution is 7.11. The number of rotatable bonds is 4. The fraction of sp³-hybridized carbons (Fsp3) is 0.118. The summed E-state index contributed by atoms with van der Waals surface area (Å²) in [5.74, 6) is 0. The lowest BCUT2D eigenvalue weighted by Gasteiger charge is -2.03. The molecule has 4 nitrogen and oxygen atoms in total. The van der Waals surface area contributed by atoms with Crippen molar-refractivity contribution in [1.29, 1.82) is 5.26 Å². The second-order valence-corrected chi connectivity index (χ2v) is 6.29. The van der Waals surface area contributed by atoms with Crippen molar-refractivity contribution in [2.75, 3.05) is 0 Å². The van der Waals surface area contributed by atoms with E-state index < -0.39 is 0 Å². The average Bonchev–Trinajstić information content (AvgIpc) is 3.16. The number of aryl methyl sites for hydroxylation is 1.